The summed E-state index contributed by atoms with van der Waals surface area (Å²) in [5, 5.41) is 9.19. The molecular weight excluding hydrogens is 342 g/mol. The zero-order chi connectivity index (χ0) is 14.5. The summed E-state index contributed by atoms with van der Waals surface area (Å²) in [6.07, 6.45) is 1.66. The van der Waals surface area contributed by atoms with Gasteiger partial charge in [0.05, 0.1) is 12.7 Å². The SMILES string of the molecule is COc1ncccc1CSc1cc(Br)ccc1C(=O)O. The van der Waals surface area contributed by atoms with Gasteiger partial charge in [0.2, 0.25) is 5.88 Å². The smallest absolute Gasteiger partial charge is 0.336 e. The fraction of sp³-hybridized carbons (Fsp3) is 0.143. The van der Waals surface area contributed by atoms with E-state index in [-0.39, 0.29) is 0 Å². The number of rotatable bonds is 5. The van der Waals surface area contributed by atoms with Crippen LogP contribution >= 0.6 is 27.7 Å². The molecule has 6 heteroatoms. The number of aromatic carboxylic acids is 1. The van der Waals surface area contributed by atoms with Crippen molar-refractivity contribution in [3.63, 3.8) is 0 Å². The number of halogens is 1. The van der Waals surface area contributed by atoms with Gasteiger partial charge in [-0.2, -0.15) is 0 Å². The van der Waals surface area contributed by atoms with E-state index in [2.05, 4.69) is 20.9 Å². The number of carboxylic acids is 1. The minimum Gasteiger partial charge on any atom is -0.481 e. The van der Waals surface area contributed by atoms with Crippen LogP contribution in [0.3, 0.4) is 0 Å². The second-order valence-electron chi connectivity index (χ2n) is 3.91. The van der Waals surface area contributed by atoms with Gasteiger partial charge in [-0.15, -0.1) is 11.8 Å². The van der Waals surface area contributed by atoms with Gasteiger partial charge in [-0.05, 0) is 24.3 Å². The largest absolute Gasteiger partial charge is 0.481 e. The summed E-state index contributed by atoms with van der Waals surface area (Å²) in [5.41, 5.74) is 1.22. The quantitative estimate of drug-likeness (QED) is 0.827. The molecule has 2 rings (SSSR count). The third-order valence-corrected chi connectivity index (χ3v) is 4.20. The highest BCUT2D eigenvalue weighted by molar-refractivity contribution is 9.10. The third kappa shape index (κ3) is 3.52. The molecule has 0 fully saturated rings. The van der Waals surface area contributed by atoms with Crippen molar-refractivity contribution in [2.24, 2.45) is 0 Å². The molecule has 0 saturated heterocycles. The Balaban J connectivity index is 2.22. The van der Waals surface area contributed by atoms with Crippen molar-refractivity contribution < 1.29 is 14.6 Å². The fourth-order valence-corrected chi connectivity index (χ4v) is 3.23. The van der Waals surface area contributed by atoms with Crippen LogP contribution in [0.2, 0.25) is 0 Å². The maximum Gasteiger partial charge on any atom is 0.336 e. The number of carboxylic acid groups (broad SMARTS) is 1. The number of ether oxygens (including phenoxy) is 1. The number of nitrogens with zero attached hydrogens (tertiary/aromatic N) is 1. The Labute approximate surface area is 129 Å². The van der Waals surface area contributed by atoms with Gasteiger partial charge in [-0.1, -0.05) is 22.0 Å². The van der Waals surface area contributed by atoms with E-state index in [0.717, 1.165) is 10.0 Å². The van der Waals surface area contributed by atoms with Gasteiger partial charge in [-0.3, -0.25) is 0 Å². The number of hydrogen-bond donors (Lipinski definition) is 1. The summed E-state index contributed by atoms with van der Waals surface area (Å²) in [6.45, 7) is 0. The molecule has 20 heavy (non-hydrogen) atoms. The lowest BCUT2D eigenvalue weighted by Crippen LogP contribution is -1.99. The monoisotopic (exact) mass is 353 g/mol. The zero-order valence-corrected chi connectivity index (χ0v) is 13.1. The molecule has 0 aliphatic rings. The molecule has 1 aromatic carbocycles. The minimum atomic E-state index is -0.932. The van der Waals surface area contributed by atoms with E-state index in [9.17, 15) is 9.90 Å². The molecule has 104 valence electrons. The van der Waals surface area contributed by atoms with Crippen molar-refractivity contribution in [2.75, 3.05) is 7.11 Å². The third-order valence-electron chi connectivity index (χ3n) is 2.60. The summed E-state index contributed by atoms with van der Waals surface area (Å²) >= 11 is 4.80. The van der Waals surface area contributed by atoms with E-state index in [1.165, 1.54) is 11.8 Å². The van der Waals surface area contributed by atoms with Crippen molar-refractivity contribution >= 4 is 33.7 Å². The van der Waals surface area contributed by atoms with Gasteiger partial charge in [0.25, 0.3) is 0 Å². The predicted octanol–water partition coefficient (Wildman–Crippen LogP) is 3.84. The molecule has 0 saturated carbocycles. The number of aromatic nitrogens is 1. The first-order valence-corrected chi connectivity index (χ1v) is 7.53. The second-order valence-corrected chi connectivity index (χ2v) is 5.84. The van der Waals surface area contributed by atoms with Crippen molar-refractivity contribution in [1.29, 1.82) is 0 Å². The Morgan fingerprint density at radius 2 is 2.25 bits per heavy atom. The van der Waals surface area contributed by atoms with Crippen LogP contribution in [0.25, 0.3) is 0 Å². The summed E-state index contributed by atoms with van der Waals surface area (Å²) in [5.74, 6) is 0.221. The molecule has 0 amide bonds. The number of pyridine rings is 1. The lowest BCUT2D eigenvalue weighted by molar-refractivity contribution is 0.0693. The topological polar surface area (TPSA) is 59.4 Å². The average Bonchev–Trinajstić information content (AvgIpc) is 2.45. The van der Waals surface area contributed by atoms with Gasteiger partial charge in [0.1, 0.15) is 0 Å². The first-order chi connectivity index (χ1) is 9.61. The van der Waals surface area contributed by atoms with E-state index in [0.29, 0.717) is 22.1 Å². The number of benzene rings is 1. The Kier molecular flexibility index (Phi) is 5.03. The zero-order valence-electron chi connectivity index (χ0n) is 10.7. The summed E-state index contributed by atoms with van der Waals surface area (Å²) in [6, 6.07) is 8.86. The summed E-state index contributed by atoms with van der Waals surface area (Å²) < 4.78 is 6.04. The van der Waals surface area contributed by atoms with Crippen LogP contribution < -0.4 is 4.74 Å². The molecule has 1 heterocycles. The van der Waals surface area contributed by atoms with E-state index in [4.69, 9.17) is 4.74 Å². The van der Waals surface area contributed by atoms with E-state index < -0.39 is 5.97 Å². The minimum absolute atomic E-state index is 0.293. The highest BCUT2D eigenvalue weighted by Crippen LogP contribution is 2.31. The lowest BCUT2D eigenvalue weighted by atomic mass is 10.2. The van der Waals surface area contributed by atoms with Gasteiger partial charge in [0, 0.05) is 26.9 Å². The molecule has 0 atom stereocenters. The molecule has 0 aliphatic heterocycles. The van der Waals surface area contributed by atoms with E-state index in [1.54, 1.807) is 31.5 Å². The number of hydrogen-bond acceptors (Lipinski definition) is 4. The Morgan fingerprint density at radius 1 is 1.45 bits per heavy atom. The van der Waals surface area contributed by atoms with Crippen LogP contribution in [0, 0.1) is 0 Å². The molecular formula is C14H12BrNO3S. The van der Waals surface area contributed by atoms with Crippen molar-refractivity contribution in [3.8, 4) is 5.88 Å². The molecule has 0 unspecified atom stereocenters. The van der Waals surface area contributed by atoms with Crippen molar-refractivity contribution in [3.05, 3.63) is 52.1 Å². The predicted molar refractivity (Wildman–Crippen MR) is 81.5 cm³/mol. The maximum absolute atomic E-state index is 11.2. The van der Waals surface area contributed by atoms with Crippen LogP contribution in [0.15, 0.2) is 45.9 Å². The highest BCUT2D eigenvalue weighted by atomic mass is 79.9. The van der Waals surface area contributed by atoms with Crippen LogP contribution in [0.1, 0.15) is 15.9 Å². The van der Waals surface area contributed by atoms with Gasteiger partial charge >= 0.3 is 5.97 Å². The van der Waals surface area contributed by atoms with E-state index >= 15 is 0 Å². The number of thioether (sulfide) groups is 1. The normalized spacial score (nSPS) is 10.3. The molecule has 0 spiro atoms. The van der Waals surface area contributed by atoms with Gasteiger partial charge < -0.3 is 9.84 Å². The fourth-order valence-electron chi connectivity index (χ4n) is 1.67. The Morgan fingerprint density at radius 3 is 2.95 bits per heavy atom. The van der Waals surface area contributed by atoms with E-state index in [1.807, 2.05) is 12.1 Å². The lowest BCUT2D eigenvalue weighted by Gasteiger charge is -2.09. The number of carbonyl (C=O) groups is 1. The molecule has 4 nitrogen and oxygen atoms in total. The molecule has 1 N–H and O–H groups in total. The van der Waals surface area contributed by atoms with Gasteiger partial charge in [0.15, 0.2) is 0 Å². The van der Waals surface area contributed by atoms with Crippen molar-refractivity contribution in [2.45, 2.75) is 10.6 Å². The first-order valence-electron chi connectivity index (χ1n) is 5.75. The van der Waals surface area contributed by atoms with Crippen LogP contribution in [-0.2, 0) is 5.75 Å². The molecule has 0 radical (unpaired) electrons. The molecule has 0 aliphatic carbocycles. The maximum atomic E-state index is 11.2. The van der Waals surface area contributed by atoms with Crippen LogP contribution in [0.4, 0.5) is 0 Å². The highest BCUT2D eigenvalue weighted by Gasteiger charge is 2.12. The number of methoxy groups -OCH3 is 1. The van der Waals surface area contributed by atoms with Crippen LogP contribution in [-0.4, -0.2) is 23.2 Å². The first kappa shape index (κ1) is 14.9. The molecule has 1 aromatic heterocycles. The summed E-state index contributed by atoms with van der Waals surface area (Å²) in [4.78, 5) is 16.0. The molecule has 2 aromatic rings. The summed E-state index contributed by atoms with van der Waals surface area (Å²) in [7, 11) is 1.57. The Hall–Kier alpha value is -1.53. The average molecular weight is 354 g/mol. The van der Waals surface area contributed by atoms with Gasteiger partial charge in [-0.25, -0.2) is 9.78 Å². The second kappa shape index (κ2) is 6.76. The molecule has 0 bridgehead atoms. The van der Waals surface area contributed by atoms with Crippen LogP contribution in [0.5, 0.6) is 5.88 Å². The standard InChI is InChI=1S/C14H12BrNO3S/c1-19-13-9(3-2-6-16-13)8-20-12-7-10(15)4-5-11(12)14(17)18/h2-7H,8H2,1H3,(H,17,18). The van der Waals surface area contributed by atoms with Crippen molar-refractivity contribution in [1.82, 2.24) is 4.98 Å². The Bertz CT molecular complexity index is 634.